The van der Waals surface area contributed by atoms with Crippen LogP contribution in [0.2, 0.25) is 0 Å². The lowest BCUT2D eigenvalue weighted by atomic mass is 10.2. The molecule has 0 aromatic carbocycles. The number of nitrogens with one attached hydrogen (secondary N) is 1. The molecule has 1 aromatic rings. The Hall–Kier alpha value is -1.08. The second kappa shape index (κ2) is 6.19. The predicted molar refractivity (Wildman–Crippen MR) is 72.8 cm³/mol. The van der Waals surface area contributed by atoms with Gasteiger partial charge in [-0.1, -0.05) is 0 Å². The van der Waals surface area contributed by atoms with Crippen molar-refractivity contribution in [3.63, 3.8) is 0 Å². The SMILES string of the molecule is CSCC[C@@H]1NC(=O)N(CCc2cscn2)C1=O. The van der Waals surface area contributed by atoms with E-state index in [1.807, 2.05) is 11.6 Å². The summed E-state index contributed by atoms with van der Waals surface area (Å²) in [6.07, 6.45) is 3.30. The van der Waals surface area contributed by atoms with Crippen molar-refractivity contribution in [3.8, 4) is 0 Å². The van der Waals surface area contributed by atoms with Gasteiger partial charge >= 0.3 is 6.03 Å². The van der Waals surface area contributed by atoms with E-state index in [4.69, 9.17) is 0 Å². The Kier molecular flexibility index (Phi) is 4.60. The van der Waals surface area contributed by atoms with Gasteiger partial charge in [-0.2, -0.15) is 11.8 Å². The molecule has 3 amide bonds. The van der Waals surface area contributed by atoms with Gasteiger partial charge in [-0.05, 0) is 18.4 Å². The second-order valence-electron chi connectivity index (χ2n) is 4.00. The fraction of sp³-hybridized carbons (Fsp3) is 0.545. The molecule has 1 aliphatic heterocycles. The largest absolute Gasteiger partial charge is 0.326 e. The van der Waals surface area contributed by atoms with Gasteiger partial charge in [0.15, 0.2) is 0 Å². The summed E-state index contributed by atoms with van der Waals surface area (Å²) in [5, 5.41) is 4.66. The summed E-state index contributed by atoms with van der Waals surface area (Å²) in [5.41, 5.74) is 2.68. The summed E-state index contributed by atoms with van der Waals surface area (Å²) in [4.78, 5) is 29.1. The van der Waals surface area contributed by atoms with Crippen LogP contribution in [0.5, 0.6) is 0 Å². The zero-order valence-electron chi connectivity index (χ0n) is 10.1. The minimum absolute atomic E-state index is 0.107. The van der Waals surface area contributed by atoms with E-state index < -0.39 is 0 Å². The van der Waals surface area contributed by atoms with Crippen LogP contribution in [0.1, 0.15) is 12.1 Å². The van der Waals surface area contributed by atoms with Gasteiger partial charge in [0, 0.05) is 18.3 Å². The van der Waals surface area contributed by atoms with E-state index >= 15 is 0 Å². The summed E-state index contributed by atoms with van der Waals surface area (Å²) in [6, 6.07) is -0.623. The van der Waals surface area contributed by atoms with Gasteiger partial charge in [-0.25, -0.2) is 9.78 Å². The average molecular weight is 285 g/mol. The first kappa shape index (κ1) is 13.4. The summed E-state index contributed by atoms with van der Waals surface area (Å²) < 4.78 is 0. The van der Waals surface area contributed by atoms with E-state index in [9.17, 15) is 9.59 Å². The van der Waals surface area contributed by atoms with E-state index in [0.29, 0.717) is 19.4 Å². The summed E-state index contributed by atoms with van der Waals surface area (Å²) in [5.74, 6) is 0.764. The number of amides is 3. The minimum Gasteiger partial charge on any atom is -0.326 e. The zero-order valence-corrected chi connectivity index (χ0v) is 11.7. The van der Waals surface area contributed by atoms with Crippen molar-refractivity contribution in [2.45, 2.75) is 18.9 Å². The first-order valence-electron chi connectivity index (χ1n) is 5.70. The van der Waals surface area contributed by atoms with E-state index in [2.05, 4.69) is 10.3 Å². The Bertz CT molecular complexity index is 422. The highest BCUT2D eigenvalue weighted by atomic mass is 32.2. The van der Waals surface area contributed by atoms with Crippen molar-refractivity contribution < 1.29 is 9.59 Å². The molecule has 0 aliphatic carbocycles. The molecular weight excluding hydrogens is 270 g/mol. The van der Waals surface area contributed by atoms with Gasteiger partial charge in [0.2, 0.25) is 0 Å². The van der Waals surface area contributed by atoms with Gasteiger partial charge in [0.1, 0.15) is 6.04 Å². The maximum atomic E-state index is 12.0. The van der Waals surface area contributed by atoms with Crippen LogP contribution in [0.4, 0.5) is 4.79 Å². The molecule has 2 rings (SSSR count). The maximum Gasteiger partial charge on any atom is 0.324 e. The lowest BCUT2D eigenvalue weighted by molar-refractivity contribution is -0.127. The highest BCUT2D eigenvalue weighted by Gasteiger charge is 2.36. The number of urea groups is 1. The second-order valence-corrected chi connectivity index (χ2v) is 5.71. The van der Waals surface area contributed by atoms with Crippen LogP contribution in [0, 0.1) is 0 Å². The van der Waals surface area contributed by atoms with Crippen LogP contribution in [0.3, 0.4) is 0 Å². The summed E-state index contributed by atoms with van der Waals surface area (Å²) in [6.45, 7) is 0.407. The molecule has 0 saturated carbocycles. The van der Waals surface area contributed by atoms with Crippen molar-refractivity contribution in [1.29, 1.82) is 0 Å². The highest BCUT2D eigenvalue weighted by Crippen LogP contribution is 2.13. The molecule has 0 radical (unpaired) electrons. The molecule has 0 unspecified atom stereocenters. The fourth-order valence-electron chi connectivity index (χ4n) is 1.81. The number of carbonyl (C=O) groups is 2. The van der Waals surface area contributed by atoms with Crippen molar-refractivity contribution in [2.24, 2.45) is 0 Å². The Labute approximate surface area is 114 Å². The van der Waals surface area contributed by atoms with Crippen molar-refractivity contribution in [1.82, 2.24) is 15.2 Å². The molecule has 1 aromatic heterocycles. The van der Waals surface area contributed by atoms with Crippen LogP contribution in [0.15, 0.2) is 10.9 Å². The molecule has 1 saturated heterocycles. The zero-order chi connectivity index (χ0) is 13.0. The molecule has 98 valence electrons. The van der Waals surface area contributed by atoms with Crippen LogP contribution < -0.4 is 5.32 Å². The monoisotopic (exact) mass is 285 g/mol. The highest BCUT2D eigenvalue weighted by molar-refractivity contribution is 7.98. The molecule has 0 spiro atoms. The van der Waals surface area contributed by atoms with Gasteiger partial charge < -0.3 is 5.32 Å². The number of imide groups is 1. The Morgan fingerprint density at radius 1 is 1.56 bits per heavy atom. The van der Waals surface area contributed by atoms with Crippen molar-refractivity contribution >= 4 is 35.0 Å². The lowest BCUT2D eigenvalue weighted by Crippen LogP contribution is -2.33. The maximum absolute atomic E-state index is 12.0. The number of hydrogen-bond donors (Lipinski definition) is 1. The van der Waals surface area contributed by atoms with Gasteiger partial charge in [-0.15, -0.1) is 11.3 Å². The number of carbonyl (C=O) groups excluding carboxylic acids is 2. The van der Waals surface area contributed by atoms with Gasteiger partial charge in [0.25, 0.3) is 5.91 Å². The van der Waals surface area contributed by atoms with E-state index in [-0.39, 0.29) is 18.0 Å². The molecule has 7 heteroatoms. The molecule has 1 atom stereocenters. The number of thiazole rings is 1. The molecular formula is C11H15N3O2S2. The summed E-state index contributed by atoms with van der Waals surface area (Å²) >= 11 is 3.19. The normalized spacial score (nSPS) is 19.4. The number of hydrogen-bond acceptors (Lipinski definition) is 5. The topological polar surface area (TPSA) is 62.3 Å². The standard InChI is InChI=1S/C11H15N3O2S2/c1-17-5-3-9-10(15)14(11(16)13-9)4-2-8-6-18-7-12-8/h6-7,9H,2-5H2,1H3,(H,13,16)/t9-/m0/s1. The smallest absolute Gasteiger partial charge is 0.324 e. The van der Waals surface area contributed by atoms with Gasteiger partial charge in [-0.3, -0.25) is 9.69 Å². The first-order valence-corrected chi connectivity index (χ1v) is 8.04. The third kappa shape index (κ3) is 3.02. The lowest BCUT2D eigenvalue weighted by Gasteiger charge is -2.11. The van der Waals surface area contributed by atoms with Crippen LogP contribution in [0.25, 0.3) is 0 Å². The molecule has 1 fully saturated rings. The Morgan fingerprint density at radius 2 is 2.39 bits per heavy atom. The average Bonchev–Trinajstić information content (AvgIpc) is 2.95. The molecule has 0 bridgehead atoms. The third-order valence-electron chi connectivity index (χ3n) is 2.79. The van der Waals surface area contributed by atoms with E-state index in [0.717, 1.165) is 11.4 Å². The van der Waals surface area contributed by atoms with E-state index in [1.165, 1.54) is 16.2 Å². The molecule has 18 heavy (non-hydrogen) atoms. The number of aromatic nitrogens is 1. The number of thioether (sulfide) groups is 1. The van der Waals surface area contributed by atoms with E-state index in [1.54, 1.807) is 17.3 Å². The van der Waals surface area contributed by atoms with Crippen molar-refractivity contribution in [2.75, 3.05) is 18.6 Å². The van der Waals surface area contributed by atoms with Gasteiger partial charge in [0.05, 0.1) is 11.2 Å². The summed E-state index contributed by atoms with van der Waals surface area (Å²) in [7, 11) is 0. The molecule has 2 heterocycles. The fourth-order valence-corrected chi connectivity index (χ4v) is 2.87. The Morgan fingerprint density at radius 3 is 3.06 bits per heavy atom. The van der Waals surface area contributed by atoms with Crippen LogP contribution in [-0.4, -0.2) is 46.4 Å². The number of nitrogens with zero attached hydrogens (tertiary/aromatic N) is 2. The minimum atomic E-state index is -0.347. The third-order valence-corrected chi connectivity index (χ3v) is 4.07. The first-order chi connectivity index (χ1) is 8.72. The predicted octanol–water partition coefficient (Wildman–Crippen LogP) is 1.36. The molecule has 1 aliphatic rings. The quantitative estimate of drug-likeness (QED) is 0.802. The Balaban J connectivity index is 1.88. The van der Waals surface area contributed by atoms with Crippen LogP contribution in [-0.2, 0) is 11.2 Å². The molecule has 5 nitrogen and oxygen atoms in total. The van der Waals surface area contributed by atoms with Crippen LogP contribution >= 0.6 is 23.1 Å². The number of rotatable bonds is 6. The molecule has 1 N–H and O–H groups in total. The van der Waals surface area contributed by atoms with Crippen molar-refractivity contribution in [3.05, 3.63) is 16.6 Å².